The van der Waals surface area contributed by atoms with Crippen LogP contribution >= 0.6 is 11.3 Å². The highest BCUT2D eigenvalue weighted by molar-refractivity contribution is 7.19. The quantitative estimate of drug-likeness (QED) is 0.767. The molecule has 0 amide bonds. The van der Waals surface area contributed by atoms with Crippen molar-refractivity contribution in [2.45, 2.75) is 31.8 Å². The molecule has 1 aliphatic rings. The van der Waals surface area contributed by atoms with E-state index in [0.29, 0.717) is 6.54 Å². The van der Waals surface area contributed by atoms with Gasteiger partial charge in [-0.25, -0.2) is 9.97 Å². The molecule has 3 aromatic rings. The summed E-state index contributed by atoms with van der Waals surface area (Å²) in [4.78, 5) is 11.4. The SMILES string of the molecule is OC(CNc1ncnc2sc3c(c12)CCCC3)c1ccccc1. The van der Waals surface area contributed by atoms with Crippen molar-refractivity contribution in [1.82, 2.24) is 9.97 Å². The van der Waals surface area contributed by atoms with Gasteiger partial charge in [0.25, 0.3) is 0 Å². The Balaban J connectivity index is 1.60. The Morgan fingerprint density at radius 1 is 1.13 bits per heavy atom. The second-order valence-corrected chi connectivity index (χ2v) is 7.00. The first-order valence-corrected chi connectivity index (χ1v) is 8.86. The minimum atomic E-state index is -0.546. The zero-order valence-corrected chi connectivity index (χ0v) is 13.6. The van der Waals surface area contributed by atoms with Crippen LogP contribution in [0.4, 0.5) is 5.82 Å². The number of benzene rings is 1. The Kier molecular flexibility index (Phi) is 3.97. The van der Waals surface area contributed by atoms with Crippen molar-refractivity contribution in [1.29, 1.82) is 0 Å². The molecule has 1 aliphatic carbocycles. The average molecular weight is 325 g/mol. The smallest absolute Gasteiger partial charge is 0.138 e. The molecule has 0 radical (unpaired) electrons. The lowest BCUT2D eigenvalue weighted by Crippen LogP contribution is -2.13. The number of nitrogens with one attached hydrogen (secondary N) is 1. The number of rotatable bonds is 4. The summed E-state index contributed by atoms with van der Waals surface area (Å²) < 4.78 is 0. The maximum atomic E-state index is 10.3. The van der Waals surface area contributed by atoms with Crippen LogP contribution in [0, 0.1) is 0 Å². The normalized spacial score (nSPS) is 15.3. The van der Waals surface area contributed by atoms with Crippen LogP contribution in [-0.4, -0.2) is 21.6 Å². The number of anilines is 1. The zero-order chi connectivity index (χ0) is 15.6. The summed E-state index contributed by atoms with van der Waals surface area (Å²) in [6.07, 6.45) is 5.83. The molecule has 2 aromatic heterocycles. The fraction of sp³-hybridized carbons (Fsp3) is 0.333. The molecule has 2 N–H and O–H groups in total. The number of nitrogens with zero attached hydrogens (tertiary/aromatic N) is 2. The highest BCUT2D eigenvalue weighted by atomic mass is 32.1. The second-order valence-electron chi connectivity index (χ2n) is 5.92. The second kappa shape index (κ2) is 6.26. The van der Waals surface area contributed by atoms with Crippen molar-refractivity contribution in [3.05, 3.63) is 52.7 Å². The van der Waals surface area contributed by atoms with Gasteiger partial charge in [-0.1, -0.05) is 30.3 Å². The number of aryl methyl sites for hydroxylation is 2. The van der Waals surface area contributed by atoms with Crippen LogP contribution in [0.3, 0.4) is 0 Å². The molecule has 0 bridgehead atoms. The van der Waals surface area contributed by atoms with E-state index in [0.717, 1.165) is 34.4 Å². The van der Waals surface area contributed by atoms with Gasteiger partial charge < -0.3 is 10.4 Å². The molecule has 1 aromatic carbocycles. The van der Waals surface area contributed by atoms with Gasteiger partial charge in [0.1, 0.15) is 17.0 Å². The summed E-state index contributed by atoms with van der Waals surface area (Å²) in [5.74, 6) is 0.851. The Labute approximate surface area is 139 Å². The largest absolute Gasteiger partial charge is 0.387 e. The van der Waals surface area contributed by atoms with Crippen LogP contribution in [0.1, 0.15) is 34.9 Å². The Morgan fingerprint density at radius 3 is 2.83 bits per heavy atom. The first kappa shape index (κ1) is 14.6. The highest BCUT2D eigenvalue weighted by Gasteiger charge is 2.20. The van der Waals surface area contributed by atoms with Crippen molar-refractivity contribution in [2.24, 2.45) is 0 Å². The van der Waals surface area contributed by atoms with E-state index < -0.39 is 6.10 Å². The molecule has 1 unspecified atom stereocenters. The number of hydrogen-bond donors (Lipinski definition) is 2. The molecule has 118 valence electrons. The van der Waals surface area contributed by atoms with E-state index in [-0.39, 0.29) is 0 Å². The molecule has 4 nitrogen and oxygen atoms in total. The number of hydrogen-bond acceptors (Lipinski definition) is 5. The third kappa shape index (κ3) is 2.82. The summed E-state index contributed by atoms with van der Waals surface area (Å²) in [5.41, 5.74) is 2.33. The first-order chi connectivity index (χ1) is 11.3. The van der Waals surface area contributed by atoms with Gasteiger partial charge in [-0.3, -0.25) is 0 Å². The predicted octanol–water partition coefficient (Wildman–Crippen LogP) is 3.72. The van der Waals surface area contributed by atoms with Crippen molar-refractivity contribution in [2.75, 3.05) is 11.9 Å². The Bertz CT molecular complexity index is 816. The van der Waals surface area contributed by atoms with Crippen LogP contribution in [0.15, 0.2) is 36.7 Å². The zero-order valence-electron chi connectivity index (χ0n) is 12.8. The molecule has 23 heavy (non-hydrogen) atoms. The van der Waals surface area contributed by atoms with Gasteiger partial charge in [0.05, 0.1) is 11.5 Å². The van der Waals surface area contributed by atoms with E-state index in [2.05, 4.69) is 15.3 Å². The maximum Gasteiger partial charge on any atom is 0.138 e. The third-order valence-electron chi connectivity index (χ3n) is 4.40. The molecular formula is C18H19N3OS. The lowest BCUT2D eigenvalue weighted by molar-refractivity contribution is 0.191. The molecule has 4 rings (SSSR count). The van der Waals surface area contributed by atoms with Gasteiger partial charge in [-0.2, -0.15) is 0 Å². The van der Waals surface area contributed by atoms with Gasteiger partial charge in [-0.15, -0.1) is 11.3 Å². The first-order valence-electron chi connectivity index (χ1n) is 8.05. The predicted molar refractivity (Wildman–Crippen MR) is 93.9 cm³/mol. The maximum absolute atomic E-state index is 10.3. The van der Waals surface area contributed by atoms with Crippen molar-refractivity contribution in [3.8, 4) is 0 Å². The summed E-state index contributed by atoms with van der Waals surface area (Å²) in [5, 5.41) is 14.8. The molecule has 0 aliphatic heterocycles. The van der Waals surface area contributed by atoms with Crippen LogP contribution < -0.4 is 5.32 Å². The van der Waals surface area contributed by atoms with E-state index in [1.807, 2.05) is 30.3 Å². The lowest BCUT2D eigenvalue weighted by Gasteiger charge is -2.15. The molecule has 5 heteroatoms. The Morgan fingerprint density at radius 2 is 1.96 bits per heavy atom. The molecule has 1 atom stereocenters. The van der Waals surface area contributed by atoms with Crippen LogP contribution in [-0.2, 0) is 12.8 Å². The van der Waals surface area contributed by atoms with Gasteiger partial charge in [0.2, 0.25) is 0 Å². The molecular weight excluding hydrogens is 306 g/mol. The van der Waals surface area contributed by atoms with Gasteiger partial charge >= 0.3 is 0 Å². The lowest BCUT2D eigenvalue weighted by atomic mass is 9.97. The van der Waals surface area contributed by atoms with E-state index in [9.17, 15) is 5.11 Å². The Hall–Kier alpha value is -1.98. The number of thiophene rings is 1. The van der Waals surface area contributed by atoms with Crippen LogP contribution in [0.2, 0.25) is 0 Å². The molecule has 0 saturated heterocycles. The summed E-state index contributed by atoms with van der Waals surface area (Å²) in [6.45, 7) is 0.445. The van der Waals surface area contributed by atoms with Crippen LogP contribution in [0.5, 0.6) is 0 Å². The van der Waals surface area contributed by atoms with E-state index in [4.69, 9.17) is 0 Å². The van der Waals surface area contributed by atoms with Crippen LogP contribution in [0.25, 0.3) is 10.2 Å². The minimum Gasteiger partial charge on any atom is -0.387 e. The fourth-order valence-corrected chi connectivity index (χ4v) is 4.44. The van der Waals surface area contributed by atoms with Gasteiger partial charge in [-0.05, 0) is 36.8 Å². The van der Waals surface area contributed by atoms with Crippen molar-refractivity contribution >= 4 is 27.4 Å². The fourth-order valence-electron chi connectivity index (χ4n) is 3.21. The minimum absolute atomic E-state index is 0.445. The number of fused-ring (bicyclic) bond motifs is 3. The standard InChI is InChI=1S/C18H19N3OS/c22-14(12-6-2-1-3-7-12)10-19-17-16-13-8-4-5-9-15(13)23-18(16)21-11-20-17/h1-3,6-7,11,14,22H,4-5,8-10H2,(H,19,20,21). The van der Waals surface area contributed by atoms with Crippen molar-refractivity contribution in [3.63, 3.8) is 0 Å². The topological polar surface area (TPSA) is 58.0 Å². The van der Waals surface area contributed by atoms with E-state index in [1.54, 1.807) is 17.7 Å². The number of aliphatic hydroxyl groups is 1. The number of aliphatic hydroxyl groups excluding tert-OH is 1. The van der Waals surface area contributed by atoms with Gasteiger partial charge in [0, 0.05) is 11.4 Å². The molecule has 0 spiro atoms. The van der Waals surface area contributed by atoms with Gasteiger partial charge in [0.15, 0.2) is 0 Å². The molecule has 0 saturated carbocycles. The summed E-state index contributed by atoms with van der Waals surface area (Å²) in [7, 11) is 0. The van der Waals surface area contributed by atoms with E-state index in [1.165, 1.54) is 23.3 Å². The number of aromatic nitrogens is 2. The third-order valence-corrected chi connectivity index (χ3v) is 5.60. The summed E-state index contributed by atoms with van der Waals surface area (Å²) >= 11 is 1.79. The molecule has 0 fully saturated rings. The molecule has 2 heterocycles. The summed E-state index contributed by atoms with van der Waals surface area (Å²) in [6, 6.07) is 9.71. The highest BCUT2D eigenvalue weighted by Crippen LogP contribution is 2.38. The monoisotopic (exact) mass is 325 g/mol. The average Bonchev–Trinajstić information content (AvgIpc) is 2.99. The van der Waals surface area contributed by atoms with Crippen molar-refractivity contribution < 1.29 is 5.11 Å². The van der Waals surface area contributed by atoms with E-state index >= 15 is 0 Å².